The first-order valence-corrected chi connectivity index (χ1v) is 7.16. The molecule has 5 nitrogen and oxygen atoms in total. The van der Waals surface area contributed by atoms with Crippen molar-refractivity contribution in [3.8, 4) is 11.1 Å². The number of carboxylic acid groups (broad SMARTS) is 1. The van der Waals surface area contributed by atoms with E-state index in [4.69, 9.17) is 9.63 Å². The fourth-order valence-corrected chi connectivity index (χ4v) is 3.66. The lowest BCUT2D eigenvalue weighted by Crippen LogP contribution is -2.29. The molecule has 2 aliphatic rings. The minimum atomic E-state index is -0.819. The van der Waals surface area contributed by atoms with Gasteiger partial charge in [-0.15, -0.1) is 0 Å². The highest BCUT2D eigenvalue weighted by Gasteiger charge is 2.59. The highest BCUT2D eigenvalue weighted by atomic mass is 16.5. The summed E-state index contributed by atoms with van der Waals surface area (Å²) in [7, 11) is 0. The Hall–Kier alpha value is -2.30. The summed E-state index contributed by atoms with van der Waals surface area (Å²) in [5.74, 6) is 1.96. The Bertz CT molecular complexity index is 683. The number of aryl methyl sites for hydroxylation is 1. The Morgan fingerprint density at radius 2 is 1.95 bits per heavy atom. The van der Waals surface area contributed by atoms with Crippen molar-refractivity contribution in [1.82, 2.24) is 10.1 Å². The first-order chi connectivity index (χ1) is 10.2. The zero-order chi connectivity index (χ0) is 14.6. The van der Waals surface area contributed by atoms with Crippen LogP contribution in [-0.4, -0.2) is 34.3 Å². The molecule has 2 fully saturated rings. The molecular weight excluding hydrogens is 268 g/mol. The Morgan fingerprint density at radius 1 is 1.29 bits per heavy atom. The molecule has 108 valence electrons. The van der Waals surface area contributed by atoms with Gasteiger partial charge in [-0.25, -0.2) is 4.79 Å². The molecule has 2 heterocycles. The largest absolute Gasteiger partial charge is 0.465 e. The van der Waals surface area contributed by atoms with E-state index in [0.29, 0.717) is 30.8 Å². The Kier molecular flexibility index (Phi) is 2.58. The maximum Gasteiger partial charge on any atom is 0.407 e. The van der Waals surface area contributed by atoms with E-state index >= 15 is 0 Å². The van der Waals surface area contributed by atoms with Gasteiger partial charge < -0.3 is 14.5 Å². The number of carbonyl (C=O) groups is 1. The van der Waals surface area contributed by atoms with Crippen molar-refractivity contribution < 1.29 is 14.4 Å². The van der Waals surface area contributed by atoms with Gasteiger partial charge in [0.1, 0.15) is 5.76 Å². The molecule has 4 rings (SSSR count). The van der Waals surface area contributed by atoms with Crippen LogP contribution >= 0.6 is 0 Å². The van der Waals surface area contributed by atoms with Crippen molar-refractivity contribution in [1.29, 1.82) is 0 Å². The third-order valence-corrected chi connectivity index (χ3v) is 4.73. The normalized spacial score (nSPS) is 26.7. The van der Waals surface area contributed by atoms with E-state index in [2.05, 4.69) is 17.3 Å². The van der Waals surface area contributed by atoms with Crippen LogP contribution in [0.5, 0.6) is 0 Å². The van der Waals surface area contributed by atoms with Gasteiger partial charge in [0, 0.05) is 24.6 Å². The summed E-state index contributed by atoms with van der Waals surface area (Å²) in [6.07, 6.45) is -0.819. The van der Waals surface area contributed by atoms with Gasteiger partial charge in [-0.3, -0.25) is 0 Å². The number of hydrogen-bond donors (Lipinski definition) is 1. The molecule has 1 saturated heterocycles. The van der Waals surface area contributed by atoms with E-state index in [1.54, 1.807) is 0 Å². The average molecular weight is 284 g/mol. The van der Waals surface area contributed by atoms with Gasteiger partial charge in [-0.2, -0.15) is 0 Å². The number of aromatic nitrogens is 1. The standard InChI is InChI=1S/C16H16N2O3/c1-9-13(10-5-3-2-4-6-10)15(17-21-9)14-11-7-18(16(19)20)8-12(11)14/h2-6,11-12,14H,7-8H2,1H3,(H,19,20)/t11-,12+,14?. The minimum absolute atomic E-state index is 0.341. The van der Waals surface area contributed by atoms with Crippen LogP contribution in [0.25, 0.3) is 11.1 Å². The summed E-state index contributed by atoms with van der Waals surface area (Å²) < 4.78 is 5.41. The van der Waals surface area contributed by atoms with Gasteiger partial charge in [-0.05, 0) is 24.3 Å². The molecule has 1 aliphatic heterocycles. The predicted molar refractivity (Wildman–Crippen MR) is 76.0 cm³/mol. The lowest BCUT2D eigenvalue weighted by Gasteiger charge is -2.15. The van der Waals surface area contributed by atoms with Crippen molar-refractivity contribution in [2.24, 2.45) is 11.8 Å². The summed E-state index contributed by atoms with van der Waals surface area (Å²) in [5.41, 5.74) is 3.20. The Labute approximate surface area is 122 Å². The number of benzene rings is 1. The molecule has 0 radical (unpaired) electrons. The summed E-state index contributed by atoms with van der Waals surface area (Å²) in [6, 6.07) is 10.1. The van der Waals surface area contributed by atoms with Gasteiger partial charge in [0.25, 0.3) is 0 Å². The van der Waals surface area contributed by atoms with Crippen molar-refractivity contribution in [3.05, 3.63) is 41.8 Å². The number of nitrogens with zero attached hydrogens (tertiary/aromatic N) is 2. The summed E-state index contributed by atoms with van der Waals surface area (Å²) in [6.45, 7) is 3.16. The molecule has 2 aromatic rings. The van der Waals surface area contributed by atoms with Gasteiger partial charge in [-0.1, -0.05) is 35.5 Å². The molecule has 1 aromatic carbocycles. The fourth-order valence-electron chi connectivity index (χ4n) is 3.66. The molecule has 21 heavy (non-hydrogen) atoms. The second kappa shape index (κ2) is 4.35. The van der Waals surface area contributed by atoms with Crippen molar-refractivity contribution in [2.45, 2.75) is 12.8 Å². The number of likely N-dealkylation sites (tertiary alicyclic amines) is 1. The van der Waals surface area contributed by atoms with Gasteiger partial charge in [0.05, 0.1) is 5.69 Å². The number of amides is 1. The summed E-state index contributed by atoms with van der Waals surface area (Å²) in [4.78, 5) is 12.5. The third-order valence-electron chi connectivity index (χ3n) is 4.73. The van der Waals surface area contributed by atoms with Crippen LogP contribution in [0.15, 0.2) is 34.9 Å². The van der Waals surface area contributed by atoms with Crippen LogP contribution in [0.2, 0.25) is 0 Å². The van der Waals surface area contributed by atoms with E-state index in [-0.39, 0.29) is 0 Å². The number of fused-ring (bicyclic) bond motifs is 1. The summed E-state index contributed by atoms with van der Waals surface area (Å²) in [5, 5.41) is 13.3. The van der Waals surface area contributed by atoms with E-state index in [9.17, 15) is 4.79 Å². The van der Waals surface area contributed by atoms with Crippen LogP contribution in [-0.2, 0) is 0 Å². The first kappa shape index (κ1) is 12.4. The van der Waals surface area contributed by atoms with Crippen molar-refractivity contribution in [2.75, 3.05) is 13.1 Å². The quantitative estimate of drug-likeness (QED) is 0.920. The molecule has 1 aliphatic carbocycles. The number of hydrogen-bond acceptors (Lipinski definition) is 3. The van der Waals surface area contributed by atoms with Gasteiger partial charge in [0.15, 0.2) is 0 Å². The monoisotopic (exact) mass is 284 g/mol. The smallest absolute Gasteiger partial charge is 0.407 e. The van der Waals surface area contributed by atoms with Crippen molar-refractivity contribution >= 4 is 6.09 Å². The van der Waals surface area contributed by atoms with E-state index < -0.39 is 6.09 Å². The molecule has 5 heteroatoms. The molecule has 0 bridgehead atoms. The van der Waals surface area contributed by atoms with Crippen LogP contribution in [0.1, 0.15) is 17.4 Å². The second-order valence-corrected chi connectivity index (χ2v) is 5.91. The highest BCUT2D eigenvalue weighted by Crippen LogP contribution is 2.59. The predicted octanol–water partition coefficient (Wildman–Crippen LogP) is 2.97. The maximum absolute atomic E-state index is 11.0. The molecule has 1 amide bonds. The molecular formula is C16H16N2O3. The fraction of sp³-hybridized carbons (Fsp3) is 0.375. The molecule has 1 saturated carbocycles. The maximum atomic E-state index is 11.0. The van der Waals surface area contributed by atoms with E-state index in [1.807, 2.05) is 25.1 Å². The van der Waals surface area contributed by atoms with Crippen LogP contribution < -0.4 is 0 Å². The highest BCUT2D eigenvalue weighted by molar-refractivity contribution is 5.70. The van der Waals surface area contributed by atoms with Crippen molar-refractivity contribution in [3.63, 3.8) is 0 Å². The number of piperidine rings is 1. The molecule has 1 aromatic heterocycles. The SMILES string of the molecule is Cc1onc(C2[C@H]3CN(C(=O)O)C[C@@H]23)c1-c1ccccc1. The first-order valence-electron chi connectivity index (χ1n) is 7.16. The molecule has 3 atom stereocenters. The van der Waals surface area contributed by atoms with Crippen LogP contribution in [0.3, 0.4) is 0 Å². The zero-order valence-corrected chi connectivity index (χ0v) is 11.7. The van der Waals surface area contributed by atoms with E-state index in [1.165, 1.54) is 4.90 Å². The lowest BCUT2D eigenvalue weighted by atomic mass is 10.00. The minimum Gasteiger partial charge on any atom is -0.465 e. The van der Waals surface area contributed by atoms with Gasteiger partial charge >= 0.3 is 6.09 Å². The number of rotatable bonds is 2. The Balaban J connectivity index is 1.64. The average Bonchev–Trinajstić information content (AvgIpc) is 2.86. The zero-order valence-electron chi connectivity index (χ0n) is 11.7. The Morgan fingerprint density at radius 3 is 2.57 bits per heavy atom. The molecule has 1 N–H and O–H groups in total. The topological polar surface area (TPSA) is 66.6 Å². The van der Waals surface area contributed by atoms with Crippen LogP contribution in [0.4, 0.5) is 4.79 Å². The van der Waals surface area contributed by atoms with Gasteiger partial charge in [0.2, 0.25) is 0 Å². The lowest BCUT2D eigenvalue weighted by molar-refractivity contribution is 0.150. The van der Waals surface area contributed by atoms with Crippen LogP contribution in [0, 0.1) is 18.8 Å². The molecule has 0 spiro atoms. The van der Waals surface area contributed by atoms with E-state index in [0.717, 1.165) is 22.6 Å². The molecule has 1 unspecified atom stereocenters. The second-order valence-electron chi connectivity index (χ2n) is 5.91. The third kappa shape index (κ3) is 1.84. The summed E-state index contributed by atoms with van der Waals surface area (Å²) >= 11 is 0.